The molecule has 2 amide bonds. The van der Waals surface area contributed by atoms with Crippen LogP contribution in [0.3, 0.4) is 0 Å². The van der Waals surface area contributed by atoms with Gasteiger partial charge in [-0.2, -0.15) is 0 Å². The fraction of sp³-hybridized carbons (Fsp3) is 0.429. The molecule has 0 aromatic heterocycles. The first-order valence-corrected chi connectivity index (χ1v) is 4.25. The van der Waals surface area contributed by atoms with Crippen molar-refractivity contribution in [3.63, 3.8) is 0 Å². The smallest absolute Gasteiger partial charge is 0.240 e. The number of rotatable bonds is 2. The van der Waals surface area contributed by atoms with Crippen molar-refractivity contribution in [3.8, 4) is 0 Å². The minimum Gasteiger partial charge on any atom is -0.294 e. The average molecular weight is 233 g/mol. The second-order valence-corrected chi connectivity index (χ2v) is 3.76. The van der Waals surface area contributed by atoms with Crippen LogP contribution in [0.2, 0.25) is 0 Å². The number of hydrogen-bond donors (Lipinski definition) is 1. The van der Waals surface area contributed by atoms with Gasteiger partial charge in [-0.15, -0.1) is 0 Å². The highest BCUT2D eigenvalue weighted by Crippen LogP contribution is 2.05. The summed E-state index contributed by atoms with van der Waals surface area (Å²) in [5, 5.41) is 2.22. The molecule has 0 bridgehead atoms. The van der Waals surface area contributed by atoms with Crippen LogP contribution in [0, 0.1) is 0 Å². The second-order valence-electron chi connectivity index (χ2n) is 2.63. The zero-order chi connectivity index (χ0) is 9.14. The van der Waals surface area contributed by atoms with Gasteiger partial charge in [-0.3, -0.25) is 19.8 Å². The maximum absolute atomic E-state index is 10.8. The van der Waals surface area contributed by atoms with Crippen molar-refractivity contribution in [3.05, 3.63) is 11.1 Å². The molecule has 0 atom stereocenters. The number of piperazine rings is 1. The summed E-state index contributed by atoms with van der Waals surface area (Å²) in [6.07, 6.45) is 0. The summed E-state index contributed by atoms with van der Waals surface area (Å²) in [4.78, 5) is 23.4. The first-order valence-electron chi connectivity index (χ1n) is 3.46. The monoisotopic (exact) mass is 232 g/mol. The minimum absolute atomic E-state index is 0.250. The number of imide groups is 1. The highest BCUT2D eigenvalue weighted by molar-refractivity contribution is 9.11. The maximum Gasteiger partial charge on any atom is 0.240 e. The van der Waals surface area contributed by atoms with Gasteiger partial charge in [0, 0.05) is 11.0 Å². The van der Waals surface area contributed by atoms with Crippen LogP contribution in [0.15, 0.2) is 11.1 Å². The lowest BCUT2D eigenvalue weighted by molar-refractivity contribution is -0.135. The second kappa shape index (κ2) is 3.82. The van der Waals surface area contributed by atoms with Crippen molar-refractivity contribution >= 4 is 27.7 Å². The van der Waals surface area contributed by atoms with Crippen LogP contribution in [0.25, 0.3) is 0 Å². The fourth-order valence-corrected chi connectivity index (χ4v) is 1.41. The van der Waals surface area contributed by atoms with Gasteiger partial charge in [0.2, 0.25) is 11.8 Å². The number of carbonyl (C=O) groups excluding carboxylic acids is 2. The number of carbonyl (C=O) groups is 2. The molecule has 0 aliphatic carbocycles. The van der Waals surface area contributed by atoms with Gasteiger partial charge in [-0.1, -0.05) is 22.5 Å². The lowest BCUT2D eigenvalue weighted by Gasteiger charge is -2.24. The molecule has 1 aliphatic rings. The van der Waals surface area contributed by atoms with Gasteiger partial charge in [0.1, 0.15) is 0 Å². The van der Waals surface area contributed by atoms with Gasteiger partial charge >= 0.3 is 0 Å². The number of nitrogens with zero attached hydrogens (tertiary/aromatic N) is 1. The summed E-state index contributed by atoms with van der Waals surface area (Å²) >= 11 is 3.17. The molecule has 66 valence electrons. The Hall–Kier alpha value is -0.680. The maximum atomic E-state index is 10.8. The highest BCUT2D eigenvalue weighted by atomic mass is 79.9. The van der Waals surface area contributed by atoms with Crippen LogP contribution in [0.1, 0.15) is 0 Å². The van der Waals surface area contributed by atoms with E-state index in [2.05, 4.69) is 27.8 Å². The first kappa shape index (κ1) is 9.41. The molecular formula is C7H9BrN2O2. The molecule has 12 heavy (non-hydrogen) atoms. The van der Waals surface area contributed by atoms with Crippen molar-refractivity contribution in [2.45, 2.75) is 0 Å². The minimum atomic E-state index is -0.250. The van der Waals surface area contributed by atoms with E-state index in [-0.39, 0.29) is 24.9 Å². The normalized spacial score (nSPS) is 19.1. The molecule has 0 spiro atoms. The molecule has 5 heteroatoms. The summed E-state index contributed by atoms with van der Waals surface area (Å²) in [6, 6.07) is 0. The van der Waals surface area contributed by atoms with Crippen LogP contribution < -0.4 is 5.32 Å². The Labute approximate surface area is 78.7 Å². The quantitative estimate of drug-likeness (QED) is 0.675. The summed E-state index contributed by atoms with van der Waals surface area (Å²) in [7, 11) is 0. The predicted octanol–water partition coefficient (Wildman–Crippen LogP) is -0.147. The van der Waals surface area contributed by atoms with E-state index >= 15 is 0 Å². The third-order valence-electron chi connectivity index (χ3n) is 1.41. The molecule has 1 fully saturated rings. The van der Waals surface area contributed by atoms with E-state index in [1.54, 1.807) is 4.90 Å². The SMILES string of the molecule is C=C(Br)CN1CC(=O)NC(=O)C1. The third kappa shape index (κ3) is 2.75. The average Bonchev–Trinajstić information content (AvgIpc) is 1.81. The van der Waals surface area contributed by atoms with E-state index in [0.717, 1.165) is 4.48 Å². The van der Waals surface area contributed by atoms with Crippen molar-refractivity contribution in [1.82, 2.24) is 10.2 Å². The van der Waals surface area contributed by atoms with E-state index in [0.29, 0.717) is 6.54 Å². The summed E-state index contributed by atoms with van der Waals surface area (Å²) in [5.41, 5.74) is 0. The Morgan fingerprint density at radius 3 is 2.42 bits per heavy atom. The lowest BCUT2D eigenvalue weighted by Crippen LogP contribution is -2.51. The van der Waals surface area contributed by atoms with Crippen molar-refractivity contribution in [2.75, 3.05) is 19.6 Å². The standard InChI is InChI=1S/C7H9BrN2O2/c1-5(8)2-10-3-6(11)9-7(12)4-10/h1-4H2,(H,9,11,12). The molecule has 1 heterocycles. The van der Waals surface area contributed by atoms with Gasteiger partial charge in [0.15, 0.2) is 0 Å². The fourth-order valence-electron chi connectivity index (χ4n) is 1.05. The molecule has 0 aromatic carbocycles. The van der Waals surface area contributed by atoms with Crippen LogP contribution in [0.4, 0.5) is 0 Å². The van der Waals surface area contributed by atoms with Gasteiger partial charge in [-0.05, 0) is 0 Å². The molecule has 0 aromatic rings. The first-order chi connectivity index (χ1) is 5.58. The molecule has 1 saturated heterocycles. The van der Waals surface area contributed by atoms with E-state index in [9.17, 15) is 9.59 Å². The van der Waals surface area contributed by atoms with Crippen molar-refractivity contribution in [1.29, 1.82) is 0 Å². The number of nitrogens with one attached hydrogen (secondary N) is 1. The van der Waals surface area contributed by atoms with Crippen molar-refractivity contribution < 1.29 is 9.59 Å². The van der Waals surface area contributed by atoms with E-state index in [1.165, 1.54) is 0 Å². The Bertz CT molecular complexity index is 221. The topological polar surface area (TPSA) is 49.4 Å². The molecule has 1 N–H and O–H groups in total. The van der Waals surface area contributed by atoms with Crippen LogP contribution in [0.5, 0.6) is 0 Å². The molecule has 4 nitrogen and oxygen atoms in total. The van der Waals surface area contributed by atoms with Gasteiger partial charge < -0.3 is 0 Å². The Morgan fingerprint density at radius 1 is 1.50 bits per heavy atom. The summed E-state index contributed by atoms with van der Waals surface area (Å²) in [5.74, 6) is -0.500. The predicted molar refractivity (Wildman–Crippen MR) is 47.7 cm³/mol. The zero-order valence-corrected chi connectivity index (χ0v) is 8.06. The van der Waals surface area contributed by atoms with Crippen LogP contribution in [-0.2, 0) is 9.59 Å². The Balaban J connectivity index is 2.49. The largest absolute Gasteiger partial charge is 0.294 e. The van der Waals surface area contributed by atoms with Gasteiger partial charge in [-0.25, -0.2) is 0 Å². The molecule has 0 radical (unpaired) electrons. The Morgan fingerprint density at radius 2 is 2.00 bits per heavy atom. The Kier molecular flexibility index (Phi) is 2.99. The highest BCUT2D eigenvalue weighted by Gasteiger charge is 2.21. The van der Waals surface area contributed by atoms with Crippen LogP contribution >= 0.6 is 15.9 Å². The number of amides is 2. The van der Waals surface area contributed by atoms with Crippen molar-refractivity contribution in [2.24, 2.45) is 0 Å². The van der Waals surface area contributed by atoms with Gasteiger partial charge in [0.25, 0.3) is 0 Å². The molecule has 1 rings (SSSR count). The van der Waals surface area contributed by atoms with Crippen LogP contribution in [-0.4, -0.2) is 36.3 Å². The molecular weight excluding hydrogens is 224 g/mol. The zero-order valence-electron chi connectivity index (χ0n) is 6.47. The summed E-state index contributed by atoms with van der Waals surface area (Å²) < 4.78 is 0.769. The number of hydrogen-bond acceptors (Lipinski definition) is 3. The molecule has 1 aliphatic heterocycles. The summed E-state index contributed by atoms with van der Waals surface area (Å²) in [6.45, 7) is 4.68. The lowest BCUT2D eigenvalue weighted by atomic mass is 10.3. The molecule has 0 saturated carbocycles. The number of halogens is 1. The van der Waals surface area contributed by atoms with Gasteiger partial charge in [0.05, 0.1) is 13.1 Å². The van der Waals surface area contributed by atoms with E-state index in [1.807, 2.05) is 0 Å². The van der Waals surface area contributed by atoms with E-state index in [4.69, 9.17) is 0 Å². The third-order valence-corrected chi connectivity index (χ3v) is 1.66. The molecule has 0 unspecified atom stereocenters. The van der Waals surface area contributed by atoms with E-state index < -0.39 is 0 Å².